The minimum Gasteiger partial charge on any atom is -0.484 e. The van der Waals surface area contributed by atoms with Gasteiger partial charge in [0.2, 0.25) is 0 Å². The van der Waals surface area contributed by atoms with Gasteiger partial charge in [-0.3, -0.25) is 9.59 Å². The lowest BCUT2D eigenvalue weighted by Crippen LogP contribution is -2.40. The predicted molar refractivity (Wildman–Crippen MR) is 77.5 cm³/mol. The lowest BCUT2D eigenvalue weighted by atomic mass is 10.1. The molecule has 6 heteroatoms. The predicted octanol–water partition coefficient (Wildman–Crippen LogP) is 1.24. The van der Waals surface area contributed by atoms with E-state index in [1.165, 1.54) is 12.0 Å². The van der Waals surface area contributed by atoms with Gasteiger partial charge in [-0.1, -0.05) is 17.7 Å². The van der Waals surface area contributed by atoms with Gasteiger partial charge < -0.3 is 19.5 Å². The third kappa shape index (κ3) is 5.83. The summed E-state index contributed by atoms with van der Waals surface area (Å²) in [4.78, 5) is 24.0. The highest BCUT2D eigenvalue weighted by Gasteiger charge is 2.17. The van der Waals surface area contributed by atoms with Crippen molar-refractivity contribution in [1.29, 1.82) is 0 Å². The zero-order chi connectivity index (χ0) is 15.8. The SMILES string of the molecule is COCCN(CC(=O)O)C(=O)COc1ccc(C)cc1C. The Bertz CT molecular complexity index is 501. The number of aliphatic carboxylic acids is 1. The first-order valence-electron chi connectivity index (χ1n) is 6.62. The van der Waals surface area contributed by atoms with Gasteiger partial charge >= 0.3 is 5.97 Å². The van der Waals surface area contributed by atoms with E-state index in [2.05, 4.69) is 0 Å². The molecule has 1 N–H and O–H groups in total. The highest BCUT2D eigenvalue weighted by Crippen LogP contribution is 2.18. The molecule has 0 fully saturated rings. The van der Waals surface area contributed by atoms with Gasteiger partial charge in [0, 0.05) is 13.7 Å². The summed E-state index contributed by atoms with van der Waals surface area (Å²) in [6.07, 6.45) is 0. The van der Waals surface area contributed by atoms with E-state index in [0.717, 1.165) is 11.1 Å². The van der Waals surface area contributed by atoms with Crippen LogP contribution in [0, 0.1) is 13.8 Å². The van der Waals surface area contributed by atoms with Gasteiger partial charge in [0.15, 0.2) is 6.61 Å². The number of amides is 1. The number of nitrogens with zero attached hydrogens (tertiary/aromatic N) is 1. The van der Waals surface area contributed by atoms with Crippen molar-refractivity contribution in [3.8, 4) is 5.75 Å². The first kappa shape index (κ1) is 17.0. The third-order valence-electron chi connectivity index (χ3n) is 2.93. The monoisotopic (exact) mass is 295 g/mol. The topological polar surface area (TPSA) is 76.1 Å². The molecule has 0 heterocycles. The standard InChI is InChI=1S/C15H21NO5/c1-11-4-5-13(12(2)8-11)21-10-14(17)16(6-7-20-3)9-15(18)19/h4-5,8H,6-7,9-10H2,1-3H3,(H,18,19). The van der Waals surface area contributed by atoms with Crippen LogP contribution in [0.2, 0.25) is 0 Å². The number of aryl methyl sites for hydroxylation is 2. The Kier molecular flexibility index (Phi) is 6.68. The third-order valence-corrected chi connectivity index (χ3v) is 2.93. The Morgan fingerprint density at radius 3 is 2.57 bits per heavy atom. The van der Waals surface area contributed by atoms with Gasteiger partial charge in [-0.2, -0.15) is 0 Å². The second-order valence-electron chi connectivity index (χ2n) is 4.76. The normalized spacial score (nSPS) is 10.2. The fourth-order valence-corrected chi connectivity index (χ4v) is 1.85. The minimum absolute atomic E-state index is 0.194. The number of carbonyl (C=O) groups is 2. The lowest BCUT2D eigenvalue weighted by molar-refractivity contribution is -0.145. The molecular formula is C15H21NO5. The number of hydrogen-bond acceptors (Lipinski definition) is 4. The van der Waals surface area contributed by atoms with Crippen molar-refractivity contribution >= 4 is 11.9 Å². The molecule has 6 nitrogen and oxygen atoms in total. The summed E-state index contributed by atoms with van der Waals surface area (Å²) < 4.78 is 10.3. The van der Waals surface area contributed by atoms with E-state index in [4.69, 9.17) is 14.6 Å². The molecule has 1 rings (SSSR count). The number of carboxylic acids is 1. The number of benzene rings is 1. The largest absolute Gasteiger partial charge is 0.484 e. The van der Waals surface area contributed by atoms with E-state index in [0.29, 0.717) is 5.75 Å². The van der Waals surface area contributed by atoms with E-state index in [1.807, 2.05) is 26.0 Å². The summed E-state index contributed by atoms with van der Waals surface area (Å²) >= 11 is 0. The van der Waals surface area contributed by atoms with Crippen molar-refractivity contribution in [2.75, 3.05) is 33.4 Å². The summed E-state index contributed by atoms with van der Waals surface area (Å²) in [6.45, 7) is 3.81. The summed E-state index contributed by atoms with van der Waals surface area (Å²) in [5.41, 5.74) is 2.04. The fourth-order valence-electron chi connectivity index (χ4n) is 1.85. The number of ether oxygens (including phenoxy) is 2. The average Bonchev–Trinajstić information content (AvgIpc) is 2.41. The smallest absolute Gasteiger partial charge is 0.323 e. The number of rotatable bonds is 8. The fraction of sp³-hybridized carbons (Fsp3) is 0.467. The number of hydrogen-bond donors (Lipinski definition) is 1. The summed E-state index contributed by atoms with van der Waals surface area (Å²) in [7, 11) is 1.50. The molecule has 0 spiro atoms. The van der Waals surface area contributed by atoms with Crippen LogP contribution in [0.15, 0.2) is 18.2 Å². The highest BCUT2D eigenvalue weighted by molar-refractivity contribution is 5.82. The molecular weight excluding hydrogens is 274 g/mol. The van der Waals surface area contributed by atoms with Crippen molar-refractivity contribution in [2.45, 2.75) is 13.8 Å². The molecule has 0 aromatic heterocycles. The molecule has 0 aliphatic carbocycles. The molecule has 0 unspecified atom stereocenters. The zero-order valence-corrected chi connectivity index (χ0v) is 12.6. The van der Waals surface area contributed by atoms with Crippen LogP contribution < -0.4 is 4.74 Å². The molecule has 0 bridgehead atoms. The Morgan fingerprint density at radius 2 is 2.00 bits per heavy atom. The molecule has 116 valence electrons. The maximum atomic E-state index is 12.0. The molecule has 1 aromatic rings. The highest BCUT2D eigenvalue weighted by atomic mass is 16.5. The Morgan fingerprint density at radius 1 is 1.29 bits per heavy atom. The van der Waals surface area contributed by atoms with Gasteiger partial charge in [-0.25, -0.2) is 0 Å². The van der Waals surface area contributed by atoms with Crippen LogP contribution in [0.1, 0.15) is 11.1 Å². The number of methoxy groups -OCH3 is 1. The molecule has 21 heavy (non-hydrogen) atoms. The second kappa shape index (κ2) is 8.26. The lowest BCUT2D eigenvalue weighted by Gasteiger charge is -2.20. The van der Waals surface area contributed by atoms with Crippen LogP contribution >= 0.6 is 0 Å². The Hall–Kier alpha value is -2.08. The summed E-state index contributed by atoms with van der Waals surface area (Å²) in [5.74, 6) is -0.823. The van der Waals surface area contributed by atoms with Gasteiger partial charge in [-0.05, 0) is 25.5 Å². The van der Waals surface area contributed by atoms with Crippen molar-refractivity contribution in [2.24, 2.45) is 0 Å². The quantitative estimate of drug-likeness (QED) is 0.781. The van der Waals surface area contributed by atoms with E-state index < -0.39 is 5.97 Å². The molecule has 0 aliphatic rings. The van der Waals surface area contributed by atoms with Crippen LogP contribution in [0.5, 0.6) is 5.75 Å². The van der Waals surface area contributed by atoms with Crippen LogP contribution in [0.3, 0.4) is 0 Å². The van der Waals surface area contributed by atoms with Gasteiger partial charge in [0.1, 0.15) is 12.3 Å². The molecule has 0 aliphatic heterocycles. The van der Waals surface area contributed by atoms with Gasteiger partial charge in [-0.15, -0.1) is 0 Å². The zero-order valence-electron chi connectivity index (χ0n) is 12.6. The maximum Gasteiger partial charge on any atom is 0.323 e. The molecule has 0 saturated carbocycles. The first-order valence-corrected chi connectivity index (χ1v) is 6.62. The molecule has 1 aromatic carbocycles. The minimum atomic E-state index is -1.06. The van der Waals surface area contributed by atoms with Crippen LogP contribution in [0.25, 0.3) is 0 Å². The van der Waals surface area contributed by atoms with E-state index in [9.17, 15) is 9.59 Å². The molecule has 0 saturated heterocycles. The van der Waals surface area contributed by atoms with Crippen molar-refractivity contribution in [1.82, 2.24) is 4.90 Å². The van der Waals surface area contributed by atoms with Crippen molar-refractivity contribution < 1.29 is 24.2 Å². The number of carbonyl (C=O) groups excluding carboxylic acids is 1. The summed E-state index contributed by atoms with van der Waals surface area (Å²) in [6, 6.07) is 5.65. The molecule has 1 amide bonds. The Labute approximate surface area is 124 Å². The first-order chi connectivity index (χ1) is 9.93. The van der Waals surface area contributed by atoms with E-state index in [1.54, 1.807) is 6.07 Å². The molecule has 0 radical (unpaired) electrons. The summed E-state index contributed by atoms with van der Waals surface area (Å²) in [5, 5.41) is 8.82. The Balaban J connectivity index is 2.61. The average molecular weight is 295 g/mol. The number of carboxylic acid groups (broad SMARTS) is 1. The van der Waals surface area contributed by atoms with E-state index >= 15 is 0 Å². The van der Waals surface area contributed by atoms with Gasteiger partial charge in [0.25, 0.3) is 5.91 Å². The van der Waals surface area contributed by atoms with E-state index in [-0.39, 0.29) is 32.2 Å². The van der Waals surface area contributed by atoms with Crippen LogP contribution in [-0.4, -0.2) is 55.3 Å². The van der Waals surface area contributed by atoms with Crippen LogP contribution in [0.4, 0.5) is 0 Å². The van der Waals surface area contributed by atoms with Crippen LogP contribution in [-0.2, 0) is 14.3 Å². The molecule has 0 atom stereocenters. The van der Waals surface area contributed by atoms with Crippen molar-refractivity contribution in [3.63, 3.8) is 0 Å². The second-order valence-corrected chi connectivity index (χ2v) is 4.76. The van der Waals surface area contributed by atoms with Crippen molar-refractivity contribution in [3.05, 3.63) is 29.3 Å². The maximum absolute atomic E-state index is 12.0. The van der Waals surface area contributed by atoms with Gasteiger partial charge in [0.05, 0.1) is 6.61 Å².